The molecule has 3 aromatic rings. The molecule has 0 atom stereocenters. The first-order valence-electron chi connectivity index (χ1n) is 4.95. The SMILES string of the molecule is Clc1cc[c]cc1-c1nc2ccccc2[nH]1. The topological polar surface area (TPSA) is 28.7 Å². The molecule has 3 heteroatoms. The maximum absolute atomic E-state index is 6.11. The molecule has 1 heterocycles. The number of aromatic nitrogens is 2. The van der Waals surface area contributed by atoms with Crippen molar-refractivity contribution in [3.8, 4) is 11.4 Å². The molecule has 0 spiro atoms. The van der Waals surface area contributed by atoms with E-state index in [-0.39, 0.29) is 0 Å². The highest BCUT2D eigenvalue weighted by Crippen LogP contribution is 2.26. The molecule has 1 N–H and O–H groups in total. The van der Waals surface area contributed by atoms with E-state index in [2.05, 4.69) is 16.0 Å². The zero-order valence-electron chi connectivity index (χ0n) is 8.37. The largest absolute Gasteiger partial charge is 0.338 e. The molecule has 2 nitrogen and oxygen atoms in total. The van der Waals surface area contributed by atoms with Crippen molar-refractivity contribution < 1.29 is 0 Å². The van der Waals surface area contributed by atoms with Gasteiger partial charge in [-0.3, -0.25) is 0 Å². The molecular formula is C13H8ClN2. The molecule has 0 aliphatic carbocycles. The molecule has 16 heavy (non-hydrogen) atoms. The molecule has 1 aromatic heterocycles. The van der Waals surface area contributed by atoms with Crippen molar-refractivity contribution in [3.05, 3.63) is 53.6 Å². The van der Waals surface area contributed by atoms with Crippen LogP contribution in [0.15, 0.2) is 42.5 Å². The lowest BCUT2D eigenvalue weighted by Crippen LogP contribution is -1.80. The summed E-state index contributed by atoms with van der Waals surface area (Å²) in [6.07, 6.45) is 0. The number of benzene rings is 2. The summed E-state index contributed by atoms with van der Waals surface area (Å²) in [5.41, 5.74) is 2.83. The summed E-state index contributed by atoms with van der Waals surface area (Å²) in [7, 11) is 0. The Labute approximate surface area is 97.9 Å². The first-order chi connectivity index (χ1) is 7.84. The highest BCUT2D eigenvalue weighted by atomic mass is 35.5. The van der Waals surface area contributed by atoms with Gasteiger partial charge in [0.1, 0.15) is 5.82 Å². The molecule has 0 unspecified atom stereocenters. The summed E-state index contributed by atoms with van der Waals surface area (Å²) in [4.78, 5) is 7.72. The Bertz CT molecular complexity index is 610. The van der Waals surface area contributed by atoms with Crippen molar-refractivity contribution in [1.82, 2.24) is 9.97 Å². The standard InChI is InChI=1S/C13H8ClN2/c14-10-6-2-1-5-9(10)13-15-11-7-3-4-8-12(11)16-13/h2-8H,(H,15,16). The van der Waals surface area contributed by atoms with Gasteiger partial charge in [-0.05, 0) is 30.3 Å². The van der Waals surface area contributed by atoms with Crippen LogP contribution in [0.2, 0.25) is 5.02 Å². The van der Waals surface area contributed by atoms with Gasteiger partial charge in [0.15, 0.2) is 0 Å². The molecule has 77 valence electrons. The minimum atomic E-state index is 0.679. The number of hydrogen-bond acceptors (Lipinski definition) is 1. The smallest absolute Gasteiger partial charge is 0.140 e. The van der Waals surface area contributed by atoms with Crippen LogP contribution in [0, 0.1) is 6.07 Å². The van der Waals surface area contributed by atoms with Gasteiger partial charge in [-0.2, -0.15) is 0 Å². The molecule has 0 aliphatic heterocycles. The minimum Gasteiger partial charge on any atom is -0.338 e. The van der Waals surface area contributed by atoms with Crippen LogP contribution in [0.5, 0.6) is 0 Å². The van der Waals surface area contributed by atoms with Gasteiger partial charge in [0.05, 0.1) is 16.1 Å². The molecule has 3 rings (SSSR count). The predicted molar refractivity (Wildman–Crippen MR) is 65.4 cm³/mol. The third kappa shape index (κ3) is 1.48. The zero-order valence-corrected chi connectivity index (χ0v) is 9.12. The molecule has 0 saturated carbocycles. The Morgan fingerprint density at radius 2 is 2.06 bits per heavy atom. The van der Waals surface area contributed by atoms with E-state index in [9.17, 15) is 0 Å². The summed E-state index contributed by atoms with van der Waals surface area (Å²) in [6, 6.07) is 16.3. The lowest BCUT2D eigenvalue weighted by Gasteiger charge is -1.97. The summed E-state index contributed by atoms with van der Waals surface area (Å²) >= 11 is 6.11. The number of rotatable bonds is 1. The lowest BCUT2D eigenvalue weighted by atomic mass is 10.2. The Balaban J connectivity index is 2.23. The van der Waals surface area contributed by atoms with Gasteiger partial charge in [-0.15, -0.1) is 0 Å². The van der Waals surface area contributed by atoms with Crippen LogP contribution < -0.4 is 0 Å². The van der Waals surface area contributed by atoms with Crippen molar-refractivity contribution in [2.45, 2.75) is 0 Å². The van der Waals surface area contributed by atoms with Crippen molar-refractivity contribution in [2.24, 2.45) is 0 Å². The van der Waals surface area contributed by atoms with Gasteiger partial charge in [-0.25, -0.2) is 4.98 Å². The highest BCUT2D eigenvalue weighted by molar-refractivity contribution is 6.33. The van der Waals surface area contributed by atoms with Gasteiger partial charge in [0, 0.05) is 5.56 Å². The number of H-pyrrole nitrogens is 1. The number of nitrogens with zero attached hydrogens (tertiary/aromatic N) is 1. The first-order valence-corrected chi connectivity index (χ1v) is 5.33. The second-order valence-corrected chi connectivity index (χ2v) is 3.92. The van der Waals surface area contributed by atoms with E-state index >= 15 is 0 Å². The fraction of sp³-hybridized carbons (Fsp3) is 0. The molecule has 1 radical (unpaired) electrons. The number of aromatic amines is 1. The zero-order chi connectivity index (χ0) is 11.0. The first kappa shape index (κ1) is 9.43. The second-order valence-electron chi connectivity index (χ2n) is 3.51. The van der Waals surface area contributed by atoms with Crippen molar-refractivity contribution in [2.75, 3.05) is 0 Å². The van der Waals surface area contributed by atoms with Crippen LogP contribution in [0.3, 0.4) is 0 Å². The van der Waals surface area contributed by atoms with Gasteiger partial charge < -0.3 is 4.98 Å². The highest BCUT2D eigenvalue weighted by Gasteiger charge is 2.07. The van der Waals surface area contributed by atoms with E-state index in [1.54, 1.807) is 6.07 Å². The third-order valence-corrected chi connectivity index (χ3v) is 2.78. The van der Waals surface area contributed by atoms with E-state index in [1.165, 1.54) is 0 Å². The molecule has 0 bridgehead atoms. The number of fused-ring (bicyclic) bond motifs is 1. The molecule has 0 amide bonds. The van der Waals surface area contributed by atoms with Gasteiger partial charge in [-0.1, -0.05) is 29.8 Å². The summed E-state index contributed by atoms with van der Waals surface area (Å²) < 4.78 is 0. The maximum Gasteiger partial charge on any atom is 0.140 e. The van der Waals surface area contributed by atoms with E-state index < -0.39 is 0 Å². The third-order valence-electron chi connectivity index (χ3n) is 2.46. The van der Waals surface area contributed by atoms with Gasteiger partial charge >= 0.3 is 0 Å². The summed E-state index contributed by atoms with van der Waals surface area (Å²) in [6.45, 7) is 0. The minimum absolute atomic E-state index is 0.679. The van der Waals surface area contributed by atoms with E-state index in [4.69, 9.17) is 11.6 Å². The van der Waals surface area contributed by atoms with Crippen LogP contribution >= 0.6 is 11.6 Å². The average molecular weight is 228 g/mol. The average Bonchev–Trinajstić information content (AvgIpc) is 2.73. The number of para-hydroxylation sites is 2. The second kappa shape index (κ2) is 3.65. The number of halogens is 1. The van der Waals surface area contributed by atoms with Crippen LogP contribution in [0.4, 0.5) is 0 Å². The Kier molecular flexibility index (Phi) is 2.15. The van der Waals surface area contributed by atoms with Crippen LogP contribution in [0.1, 0.15) is 0 Å². The van der Waals surface area contributed by atoms with E-state index in [0.29, 0.717) is 5.02 Å². The van der Waals surface area contributed by atoms with Crippen molar-refractivity contribution in [3.63, 3.8) is 0 Å². The van der Waals surface area contributed by atoms with Gasteiger partial charge in [0.25, 0.3) is 0 Å². The van der Waals surface area contributed by atoms with Gasteiger partial charge in [0.2, 0.25) is 0 Å². The quantitative estimate of drug-likeness (QED) is 0.675. The summed E-state index contributed by atoms with van der Waals surface area (Å²) in [5, 5.41) is 0.679. The Morgan fingerprint density at radius 3 is 2.88 bits per heavy atom. The predicted octanol–water partition coefficient (Wildman–Crippen LogP) is 3.68. The fourth-order valence-electron chi connectivity index (χ4n) is 1.67. The Morgan fingerprint density at radius 1 is 1.19 bits per heavy atom. The molecular weight excluding hydrogens is 220 g/mol. The Hall–Kier alpha value is -1.80. The normalized spacial score (nSPS) is 10.8. The van der Waals surface area contributed by atoms with Crippen molar-refractivity contribution >= 4 is 22.6 Å². The maximum atomic E-state index is 6.11. The van der Waals surface area contributed by atoms with Crippen LogP contribution in [0.25, 0.3) is 22.4 Å². The molecule has 0 aliphatic rings. The van der Waals surface area contributed by atoms with E-state index in [1.807, 2.05) is 36.4 Å². The summed E-state index contributed by atoms with van der Waals surface area (Å²) in [5.74, 6) is 0.781. The van der Waals surface area contributed by atoms with Crippen LogP contribution in [-0.4, -0.2) is 9.97 Å². The monoisotopic (exact) mass is 227 g/mol. The lowest BCUT2D eigenvalue weighted by molar-refractivity contribution is 1.34. The number of imidazole rings is 1. The van der Waals surface area contributed by atoms with Crippen LogP contribution in [-0.2, 0) is 0 Å². The number of hydrogen-bond donors (Lipinski definition) is 1. The molecule has 0 saturated heterocycles. The van der Waals surface area contributed by atoms with E-state index in [0.717, 1.165) is 22.4 Å². The van der Waals surface area contributed by atoms with Crippen molar-refractivity contribution in [1.29, 1.82) is 0 Å². The number of nitrogens with one attached hydrogen (secondary N) is 1. The molecule has 2 aromatic carbocycles. The molecule has 0 fully saturated rings. The fourth-order valence-corrected chi connectivity index (χ4v) is 1.88.